The van der Waals surface area contributed by atoms with Gasteiger partial charge in [0.15, 0.2) is 9.84 Å². The van der Waals surface area contributed by atoms with Crippen LogP contribution in [0.3, 0.4) is 0 Å². The number of nitrogens with zero attached hydrogens (tertiary/aromatic N) is 1. The number of hydrogen-bond donors (Lipinski definition) is 2. The number of carbonyl (C=O) groups excluding carboxylic acids is 1. The summed E-state index contributed by atoms with van der Waals surface area (Å²) < 4.78 is 62.9. The van der Waals surface area contributed by atoms with Gasteiger partial charge in [0.2, 0.25) is 5.91 Å². The third-order valence-corrected chi connectivity index (χ3v) is 5.56. The van der Waals surface area contributed by atoms with Crippen molar-refractivity contribution in [3.8, 4) is 0 Å². The molecule has 1 heterocycles. The molecule has 0 aliphatic carbocycles. The fourth-order valence-electron chi connectivity index (χ4n) is 2.34. The summed E-state index contributed by atoms with van der Waals surface area (Å²) in [6, 6.07) is 8.40. The van der Waals surface area contributed by atoms with Gasteiger partial charge in [0, 0.05) is 25.7 Å². The molecule has 28 heavy (non-hydrogen) atoms. The Morgan fingerprint density at radius 3 is 2.43 bits per heavy atom. The quantitative estimate of drug-likeness (QED) is 0.648. The fraction of sp³-hybridized carbons (Fsp3) is 0.333. The van der Waals surface area contributed by atoms with E-state index < -0.39 is 27.5 Å². The third kappa shape index (κ3) is 6.22. The average molecular weight is 415 g/mol. The summed E-state index contributed by atoms with van der Waals surface area (Å²) >= 11 is 0. The highest BCUT2D eigenvalue weighted by atomic mass is 32.2. The smallest absolute Gasteiger partial charge is 0.368 e. The van der Waals surface area contributed by atoms with Crippen molar-refractivity contribution in [1.82, 2.24) is 10.3 Å². The lowest BCUT2D eigenvalue weighted by Gasteiger charge is -2.13. The zero-order chi connectivity index (χ0) is 20.8. The van der Waals surface area contributed by atoms with E-state index in [0.717, 1.165) is 11.6 Å². The van der Waals surface area contributed by atoms with E-state index in [4.69, 9.17) is 0 Å². The fourth-order valence-corrected chi connectivity index (χ4v) is 3.58. The lowest BCUT2D eigenvalue weighted by atomic mass is 10.2. The van der Waals surface area contributed by atoms with E-state index >= 15 is 0 Å². The van der Waals surface area contributed by atoms with Gasteiger partial charge in [-0.25, -0.2) is 13.4 Å². The van der Waals surface area contributed by atoms with Crippen LogP contribution < -0.4 is 10.6 Å². The van der Waals surface area contributed by atoms with Crippen LogP contribution in [-0.2, 0) is 20.8 Å². The van der Waals surface area contributed by atoms with E-state index in [-0.39, 0.29) is 36.0 Å². The molecule has 0 bridgehead atoms. The second kappa shape index (κ2) is 9.05. The molecule has 1 amide bonds. The Morgan fingerprint density at radius 1 is 1.11 bits per heavy atom. The zero-order valence-corrected chi connectivity index (χ0v) is 15.9. The minimum Gasteiger partial charge on any atom is -0.368 e. The van der Waals surface area contributed by atoms with Gasteiger partial charge in [-0.15, -0.1) is 0 Å². The van der Waals surface area contributed by atoms with E-state index in [0.29, 0.717) is 0 Å². The standard InChI is InChI=1S/C18H20F3N3O3S/c1-13-4-6-14(7-5-13)28(26,27)12-8-16(25)22-10-11-24-17-15(18(19,20)21)3-2-9-23-17/h2-7,9H,8,10-12H2,1H3,(H,22,25)(H,23,24). The number of aromatic nitrogens is 1. The summed E-state index contributed by atoms with van der Waals surface area (Å²) in [6.07, 6.45) is -3.55. The Labute approximate surface area is 161 Å². The van der Waals surface area contributed by atoms with Gasteiger partial charge in [-0.3, -0.25) is 4.79 Å². The number of carbonyl (C=O) groups is 1. The van der Waals surface area contributed by atoms with Gasteiger partial charge in [0.1, 0.15) is 5.82 Å². The number of aryl methyl sites for hydroxylation is 1. The van der Waals surface area contributed by atoms with Gasteiger partial charge in [-0.2, -0.15) is 13.2 Å². The molecule has 1 aromatic carbocycles. The predicted molar refractivity (Wildman–Crippen MR) is 98.6 cm³/mol. The van der Waals surface area contributed by atoms with Crippen molar-refractivity contribution < 1.29 is 26.4 Å². The Balaban J connectivity index is 1.79. The summed E-state index contributed by atoms with van der Waals surface area (Å²) in [5, 5.41) is 4.98. The lowest BCUT2D eigenvalue weighted by molar-refractivity contribution is -0.137. The molecule has 2 aromatic rings. The van der Waals surface area contributed by atoms with Crippen molar-refractivity contribution in [3.63, 3.8) is 0 Å². The van der Waals surface area contributed by atoms with Crippen molar-refractivity contribution >= 4 is 21.6 Å². The molecule has 10 heteroatoms. The molecule has 0 atom stereocenters. The van der Waals surface area contributed by atoms with Crippen LogP contribution in [0.5, 0.6) is 0 Å². The number of pyridine rings is 1. The molecule has 0 spiro atoms. The number of hydrogen-bond acceptors (Lipinski definition) is 5. The molecule has 2 rings (SSSR count). The lowest BCUT2D eigenvalue weighted by Crippen LogP contribution is -2.30. The second-order valence-electron chi connectivity index (χ2n) is 6.06. The second-order valence-corrected chi connectivity index (χ2v) is 8.17. The number of anilines is 1. The predicted octanol–water partition coefficient (Wildman–Crippen LogP) is 2.80. The van der Waals surface area contributed by atoms with Crippen LogP contribution in [0.1, 0.15) is 17.5 Å². The van der Waals surface area contributed by atoms with Crippen LogP contribution in [0.25, 0.3) is 0 Å². The van der Waals surface area contributed by atoms with E-state index in [1.807, 2.05) is 6.92 Å². The molecule has 1 aromatic heterocycles. The number of sulfone groups is 1. The van der Waals surface area contributed by atoms with E-state index in [1.54, 1.807) is 12.1 Å². The summed E-state index contributed by atoms with van der Waals surface area (Å²) in [7, 11) is -3.58. The molecular formula is C18H20F3N3O3S. The van der Waals surface area contributed by atoms with Crippen LogP contribution >= 0.6 is 0 Å². The molecule has 0 aliphatic rings. The van der Waals surface area contributed by atoms with Crippen molar-refractivity contribution in [2.24, 2.45) is 0 Å². The van der Waals surface area contributed by atoms with Gasteiger partial charge in [-0.05, 0) is 31.2 Å². The van der Waals surface area contributed by atoms with E-state index in [1.165, 1.54) is 24.4 Å². The number of halogens is 3. The first kappa shape index (κ1) is 21.7. The van der Waals surface area contributed by atoms with Crippen LogP contribution in [0, 0.1) is 6.92 Å². The number of rotatable bonds is 8. The van der Waals surface area contributed by atoms with Gasteiger partial charge in [0.25, 0.3) is 0 Å². The molecule has 0 fully saturated rings. The van der Waals surface area contributed by atoms with Crippen LogP contribution in [0.2, 0.25) is 0 Å². The van der Waals surface area contributed by atoms with Crippen molar-refractivity contribution in [3.05, 3.63) is 53.7 Å². The molecule has 2 N–H and O–H groups in total. The Bertz CT molecular complexity index is 914. The monoisotopic (exact) mass is 415 g/mol. The van der Waals surface area contributed by atoms with Crippen LogP contribution in [-0.4, -0.2) is 38.2 Å². The molecule has 0 radical (unpaired) electrons. The van der Waals surface area contributed by atoms with Crippen molar-refractivity contribution in [2.75, 3.05) is 24.2 Å². The number of benzene rings is 1. The SMILES string of the molecule is Cc1ccc(S(=O)(=O)CCC(=O)NCCNc2ncccc2C(F)(F)F)cc1. The number of amides is 1. The number of alkyl halides is 3. The molecule has 0 aliphatic heterocycles. The molecular weight excluding hydrogens is 395 g/mol. The molecule has 0 saturated heterocycles. The first-order chi connectivity index (χ1) is 13.1. The van der Waals surface area contributed by atoms with E-state index in [2.05, 4.69) is 15.6 Å². The highest BCUT2D eigenvalue weighted by Gasteiger charge is 2.33. The minimum atomic E-state index is -4.54. The molecule has 6 nitrogen and oxygen atoms in total. The van der Waals surface area contributed by atoms with Crippen molar-refractivity contribution in [2.45, 2.75) is 24.4 Å². The summed E-state index contributed by atoms with van der Waals surface area (Å²) in [4.78, 5) is 15.6. The summed E-state index contributed by atoms with van der Waals surface area (Å²) in [5.74, 6) is -1.19. The maximum Gasteiger partial charge on any atom is 0.419 e. The maximum atomic E-state index is 12.9. The minimum absolute atomic E-state index is 0.0105. The third-order valence-electron chi connectivity index (χ3n) is 3.83. The Kier molecular flexibility index (Phi) is 7.00. The van der Waals surface area contributed by atoms with Crippen LogP contribution in [0.4, 0.5) is 19.0 Å². The summed E-state index contributed by atoms with van der Waals surface area (Å²) in [5.41, 5.74) is 0.0243. The maximum absolute atomic E-state index is 12.9. The largest absolute Gasteiger partial charge is 0.419 e. The van der Waals surface area contributed by atoms with Gasteiger partial charge < -0.3 is 10.6 Å². The normalized spacial score (nSPS) is 11.9. The molecule has 0 unspecified atom stereocenters. The van der Waals surface area contributed by atoms with Crippen LogP contribution in [0.15, 0.2) is 47.5 Å². The highest BCUT2D eigenvalue weighted by Crippen LogP contribution is 2.33. The van der Waals surface area contributed by atoms with Gasteiger partial charge in [0.05, 0.1) is 16.2 Å². The molecule has 0 saturated carbocycles. The van der Waals surface area contributed by atoms with Gasteiger partial charge in [-0.1, -0.05) is 17.7 Å². The van der Waals surface area contributed by atoms with Gasteiger partial charge >= 0.3 is 6.18 Å². The zero-order valence-electron chi connectivity index (χ0n) is 15.1. The topological polar surface area (TPSA) is 88.2 Å². The Hall–Kier alpha value is -2.62. The number of nitrogens with one attached hydrogen (secondary N) is 2. The highest BCUT2D eigenvalue weighted by molar-refractivity contribution is 7.91. The Morgan fingerprint density at radius 2 is 1.79 bits per heavy atom. The molecule has 152 valence electrons. The summed E-state index contributed by atoms with van der Waals surface area (Å²) in [6.45, 7) is 1.87. The first-order valence-corrected chi connectivity index (χ1v) is 10.1. The first-order valence-electron chi connectivity index (χ1n) is 8.42. The average Bonchev–Trinajstić information content (AvgIpc) is 2.63. The van der Waals surface area contributed by atoms with E-state index in [9.17, 15) is 26.4 Å². The van der Waals surface area contributed by atoms with Crippen molar-refractivity contribution in [1.29, 1.82) is 0 Å².